The van der Waals surface area contributed by atoms with Gasteiger partial charge in [-0.15, -0.1) is 0 Å². The Labute approximate surface area is 330 Å². The first-order chi connectivity index (χ1) is 27.8. The largest absolute Gasteiger partial charge is 0.311 e. The molecule has 0 heterocycles. The Kier molecular flexibility index (Phi) is 9.92. The Morgan fingerprint density at radius 2 is 0.536 bits per heavy atom. The number of nitrogens with zero attached hydrogens (tertiary/aromatic N) is 2. The average molecular weight is 719 g/mol. The molecule has 0 saturated heterocycles. The Morgan fingerprint density at radius 1 is 0.250 bits per heavy atom. The molecule has 2 heteroatoms. The average Bonchev–Trinajstić information content (AvgIpc) is 3.29. The molecule has 1 aliphatic rings. The number of rotatable bonds is 10. The summed E-state index contributed by atoms with van der Waals surface area (Å²) in [5.41, 5.74) is 16.5. The molecule has 0 amide bonds. The fraction of sp³-hybridized carbons (Fsp3) is 0.0370. The van der Waals surface area contributed by atoms with Crippen molar-refractivity contribution in [3.63, 3.8) is 0 Å². The fourth-order valence-electron chi connectivity index (χ4n) is 7.57. The number of anilines is 5. The fourth-order valence-corrected chi connectivity index (χ4v) is 7.57. The maximum atomic E-state index is 2.36. The molecule has 8 aromatic rings. The van der Waals surface area contributed by atoms with Crippen molar-refractivity contribution in [2.75, 3.05) is 9.80 Å². The van der Waals surface area contributed by atoms with Gasteiger partial charge in [0.25, 0.3) is 0 Å². The van der Waals surface area contributed by atoms with Crippen LogP contribution in [0.2, 0.25) is 0 Å². The van der Waals surface area contributed by atoms with E-state index in [2.05, 4.69) is 240 Å². The van der Waals surface area contributed by atoms with Crippen LogP contribution in [0.1, 0.15) is 12.8 Å². The van der Waals surface area contributed by atoms with Crippen molar-refractivity contribution >= 4 is 28.4 Å². The van der Waals surface area contributed by atoms with E-state index >= 15 is 0 Å². The Hall–Kier alpha value is -7.16. The lowest BCUT2D eigenvalue weighted by atomic mass is 9.99. The summed E-state index contributed by atoms with van der Waals surface area (Å²) in [6.07, 6.45) is 8.99. The summed E-state index contributed by atoms with van der Waals surface area (Å²) in [4.78, 5) is 4.67. The molecule has 0 aromatic heterocycles. The summed E-state index contributed by atoms with van der Waals surface area (Å²) >= 11 is 0. The molecule has 268 valence electrons. The third-order valence-corrected chi connectivity index (χ3v) is 10.5. The second-order valence-electron chi connectivity index (χ2n) is 14.1. The summed E-state index contributed by atoms with van der Waals surface area (Å²) in [6.45, 7) is 0. The zero-order valence-electron chi connectivity index (χ0n) is 31.2. The van der Waals surface area contributed by atoms with Gasteiger partial charge >= 0.3 is 0 Å². The number of para-hydroxylation sites is 1. The van der Waals surface area contributed by atoms with Crippen molar-refractivity contribution < 1.29 is 0 Å². The first-order valence-corrected chi connectivity index (χ1v) is 19.4. The summed E-state index contributed by atoms with van der Waals surface area (Å²) in [6, 6.07) is 76.2. The monoisotopic (exact) mass is 718 g/mol. The quantitative estimate of drug-likeness (QED) is 0.139. The van der Waals surface area contributed by atoms with E-state index in [0.29, 0.717) is 0 Å². The molecule has 56 heavy (non-hydrogen) atoms. The molecular formula is C54H42N2. The van der Waals surface area contributed by atoms with Crippen LogP contribution in [0.5, 0.6) is 0 Å². The second kappa shape index (κ2) is 16.1. The Bertz CT molecular complexity index is 2550. The van der Waals surface area contributed by atoms with Gasteiger partial charge in [0.15, 0.2) is 0 Å². The first-order valence-electron chi connectivity index (χ1n) is 19.4. The molecule has 0 fully saturated rings. The smallest absolute Gasteiger partial charge is 0.0462 e. The molecule has 0 N–H and O–H groups in total. The van der Waals surface area contributed by atoms with Crippen molar-refractivity contribution in [2.45, 2.75) is 12.8 Å². The predicted octanol–water partition coefficient (Wildman–Crippen LogP) is 15.2. The second-order valence-corrected chi connectivity index (χ2v) is 14.1. The van der Waals surface area contributed by atoms with Gasteiger partial charge in [-0.25, -0.2) is 0 Å². The van der Waals surface area contributed by atoms with E-state index in [1.165, 1.54) is 50.2 Å². The zero-order valence-corrected chi connectivity index (χ0v) is 31.2. The molecule has 1 aliphatic carbocycles. The molecule has 9 rings (SSSR count). The highest BCUT2D eigenvalue weighted by Crippen LogP contribution is 2.38. The highest BCUT2D eigenvalue weighted by molar-refractivity contribution is 5.81. The molecular weight excluding hydrogens is 677 g/mol. The maximum Gasteiger partial charge on any atom is 0.0462 e. The highest BCUT2D eigenvalue weighted by atomic mass is 15.1. The van der Waals surface area contributed by atoms with Crippen LogP contribution >= 0.6 is 0 Å². The lowest BCUT2D eigenvalue weighted by Gasteiger charge is -2.28. The van der Waals surface area contributed by atoms with Crippen LogP contribution < -0.4 is 9.80 Å². The van der Waals surface area contributed by atoms with Gasteiger partial charge in [-0.1, -0.05) is 164 Å². The minimum Gasteiger partial charge on any atom is -0.311 e. The molecule has 8 aromatic carbocycles. The molecule has 0 bridgehead atoms. The van der Waals surface area contributed by atoms with Crippen LogP contribution in [0.15, 0.2) is 236 Å². The van der Waals surface area contributed by atoms with Crippen LogP contribution in [-0.4, -0.2) is 0 Å². The normalized spacial score (nSPS) is 12.2. The van der Waals surface area contributed by atoms with Crippen LogP contribution in [-0.2, 0) is 0 Å². The Morgan fingerprint density at radius 3 is 0.875 bits per heavy atom. The van der Waals surface area contributed by atoms with E-state index in [0.717, 1.165) is 41.3 Å². The molecule has 2 nitrogen and oxygen atoms in total. The van der Waals surface area contributed by atoms with E-state index < -0.39 is 0 Å². The predicted molar refractivity (Wildman–Crippen MR) is 238 cm³/mol. The summed E-state index contributed by atoms with van der Waals surface area (Å²) in [7, 11) is 0. The molecule has 0 atom stereocenters. The van der Waals surface area contributed by atoms with E-state index in [1.807, 2.05) is 0 Å². The van der Waals surface area contributed by atoms with Gasteiger partial charge < -0.3 is 9.80 Å². The van der Waals surface area contributed by atoms with Gasteiger partial charge in [-0.3, -0.25) is 0 Å². The van der Waals surface area contributed by atoms with E-state index in [9.17, 15) is 0 Å². The summed E-state index contributed by atoms with van der Waals surface area (Å²) in [5.74, 6) is 0. The van der Waals surface area contributed by atoms with Crippen LogP contribution in [0.25, 0.3) is 44.5 Å². The summed E-state index contributed by atoms with van der Waals surface area (Å²) in [5, 5.41) is 0. The van der Waals surface area contributed by atoms with Crippen molar-refractivity contribution in [3.8, 4) is 44.5 Å². The third-order valence-electron chi connectivity index (χ3n) is 10.5. The minimum atomic E-state index is 1.05. The highest BCUT2D eigenvalue weighted by Gasteiger charge is 2.16. The van der Waals surface area contributed by atoms with E-state index in [-0.39, 0.29) is 0 Å². The van der Waals surface area contributed by atoms with Crippen LogP contribution in [0.3, 0.4) is 0 Å². The molecule has 0 radical (unpaired) electrons. The van der Waals surface area contributed by atoms with E-state index in [4.69, 9.17) is 0 Å². The van der Waals surface area contributed by atoms with Gasteiger partial charge in [0, 0.05) is 34.1 Å². The summed E-state index contributed by atoms with van der Waals surface area (Å²) < 4.78 is 0. The number of benzene rings is 8. The van der Waals surface area contributed by atoms with Gasteiger partial charge in [-0.2, -0.15) is 0 Å². The standard InChI is InChI=1S/C54H42N2/c1-5-13-41(14-6-1)45-25-33-51(34-26-45)55(49-17-9-3-10-18-49)53-37-29-47(30-38-53)43-21-23-44(24-22-43)48-31-39-54(40-32-48)56(50-19-11-4-12-20-50)52-35-27-46(28-36-52)42-15-7-2-8-16-42/h1-3,5-11,13-40H,4,12H2. The van der Waals surface area contributed by atoms with E-state index in [1.54, 1.807) is 0 Å². The van der Waals surface area contributed by atoms with Crippen molar-refractivity contribution in [1.29, 1.82) is 0 Å². The third kappa shape index (κ3) is 7.46. The number of hydrogen-bond donors (Lipinski definition) is 0. The van der Waals surface area contributed by atoms with Crippen molar-refractivity contribution in [1.82, 2.24) is 0 Å². The minimum absolute atomic E-state index is 1.05. The Balaban J connectivity index is 0.941. The topological polar surface area (TPSA) is 6.48 Å². The van der Waals surface area contributed by atoms with Gasteiger partial charge in [-0.05, 0) is 124 Å². The number of hydrogen-bond acceptors (Lipinski definition) is 2. The molecule has 0 spiro atoms. The van der Waals surface area contributed by atoms with Gasteiger partial charge in [0.1, 0.15) is 0 Å². The lowest BCUT2D eigenvalue weighted by Crippen LogP contribution is -2.16. The first kappa shape index (κ1) is 34.6. The van der Waals surface area contributed by atoms with Gasteiger partial charge in [0.05, 0.1) is 0 Å². The SMILES string of the molecule is C1=CC(N(c2ccc(-c3ccccc3)cc2)c2ccc(-c3ccc(-c4ccc(N(c5ccccc5)c5ccc(-c6ccccc6)cc5)cc4)cc3)cc2)=CCC1. The molecule has 0 saturated carbocycles. The lowest BCUT2D eigenvalue weighted by molar-refractivity contribution is 0.997. The number of allylic oxidation sites excluding steroid dienone is 3. The van der Waals surface area contributed by atoms with Crippen molar-refractivity contribution in [3.05, 3.63) is 236 Å². The van der Waals surface area contributed by atoms with Crippen LogP contribution in [0, 0.1) is 0 Å². The maximum absolute atomic E-state index is 2.36. The van der Waals surface area contributed by atoms with Crippen molar-refractivity contribution in [2.24, 2.45) is 0 Å². The molecule has 0 unspecified atom stereocenters. The molecule has 0 aliphatic heterocycles. The zero-order chi connectivity index (χ0) is 37.5. The van der Waals surface area contributed by atoms with Crippen LogP contribution in [0.4, 0.5) is 28.4 Å². The van der Waals surface area contributed by atoms with Gasteiger partial charge in [0.2, 0.25) is 0 Å².